The van der Waals surface area contributed by atoms with Crippen molar-refractivity contribution >= 4 is 28.2 Å². The third-order valence-corrected chi connectivity index (χ3v) is 2.25. The second-order valence-electron chi connectivity index (χ2n) is 1.42. The van der Waals surface area contributed by atoms with Crippen LogP contribution in [-0.4, -0.2) is 24.4 Å². The Hall–Kier alpha value is 2.62. The van der Waals surface area contributed by atoms with Gasteiger partial charge in [-0.1, -0.05) is 5.25 Å². The molecule has 0 heterocycles. The quantitative estimate of drug-likeness (QED) is 0.431. The molecule has 0 aromatic rings. The van der Waals surface area contributed by atoms with Crippen molar-refractivity contribution in [1.82, 2.24) is 5.32 Å². The summed E-state index contributed by atoms with van der Waals surface area (Å²) in [6, 6.07) is 0. The molecule has 2 radical (unpaired) electrons. The summed E-state index contributed by atoms with van der Waals surface area (Å²) in [5.41, 5.74) is 0. The van der Waals surface area contributed by atoms with Crippen LogP contribution in [0.15, 0.2) is 0 Å². The van der Waals surface area contributed by atoms with Gasteiger partial charge in [0.25, 0.3) is 0 Å². The Morgan fingerprint density at radius 3 is 2.10 bits per heavy atom. The molecule has 0 aliphatic rings. The van der Waals surface area contributed by atoms with E-state index in [9.17, 15) is 4.79 Å². The van der Waals surface area contributed by atoms with Gasteiger partial charge in [0.15, 0.2) is 0 Å². The summed E-state index contributed by atoms with van der Waals surface area (Å²) in [5, 5.41) is 2.51. The third-order valence-electron chi connectivity index (χ3n) is 0.821. The van der Waals surface area contributed by atoms with E-state index >= 15 is 0 Å². The van der Waals surface area contributed by atoms with Gasteiger partial charge in [-0.3, -0.25) is 0 Å². The van der Waals surface area contributed by atoms with Crippen LogP contribution in [0.2, 0.25) is 0 Å². The van der Waals surface area contributed by atoms with Crippen molar-refractivity contribution in [2.45, 2.75) is 11.0 Å². The minimum Gasteiger partial charge on any atom is -0.780 e. The molecule has 0 spiro atoms. The summed E-state index contributed by atoms with van der Waals surface area (Å²) in [6.45, 7) is 0. The van der Waals surface area contributed by atoms with E-state index in [1.54, 1.807) is 7.05 Å². The molecule has 3 unspecified atom stereocenters. The van der Waals surface area contributed by atoms with Crippen LogP contribution in [-0.2, 0) is 82.8 Å². The van der Waals surface area contributed by atoms with Crippen molar-refractivity contribution in [1.29, 1.82) is 0 Å². The monoisotopic (exact) mass is 328 g/mol. The van der Waals surface area contributed by atoms with E-state index < -0.39 is 0 Å². The molecule has 0 aromatic heterocycles. The van der Waals surface area contributed by atoms with Gasteiger partial charge >= 0.3 is 0 Å². The van der Waals surface area contributed by atoms with Crippen LogP contribution in [0.25, 0.3) is 0 Å². The third kappa shape index (κ3) is 8.71. The molecule has 0 aromatic carbocycles. The molecule has 3 atom stereocenters. The number of aldehydes is 1. The number of carbonyl (C=O) groups excluding carboxylic acids is 1. The van der Waals surface area contributed by atoms with Gasteiger partial charge in [0, 0.05) is 71.2 Å². The van der Waals surface area contributed by atoms with E-state index in [1.807, 2.05) is 0 Å². The zero-order chi connectivity index (χ0) is 6.57. The standard InChI is InChI=1S/C4H10NOPS.2Y/c1-5-4(7)3(8)2-6;;/h2-5,8H,7H2,1H3;;/p-1. The SMILES string of the molecule is CNC(P)C([S-])C=O.[Y].[Y]. The van der Waals surface area contributed by atoms with Gasteiger partial charge < -0.3 is 22.7 Å². The first-order chi connectivity index (χ1) is 3.72. The Morgan fingerprint density at radius 1 is 1.60 bits per heavy atom. The van der Waals surface area contributed by atoms with Gasteiger partial charge in [-0.05, 0) is 7.05 Å². The molecule has 0 aliphatic carbocycles. The van der Waals surface area contributed by atoms with Crippen molar-refractivity contribution in [3.8, 4) is 0 Å². The smallest absolute Gasteiger partial charge is 0.101 e. The van der Waals surface area contributed by atoms with E-state index in [-0.39, 0.29) is 76.5 Å². The van der Waals surface area contributed by atoms with E-state index in [0.29, 0.717) is 0 Å². The topological polar surface area (TPSA) is 29.1 Å². The van der Waals surface area contributed by atoms with Crippen molar-refractivity contribution in [3.63, 3.8) is 0 Å². The molecule has 0 saturated heterocycles. The fraction of sp³-hybridized carbons (Fsp3) is 0.750. The van der Waals surface area contributed by atoms with Crippen molar-refractivity contribution in [2.24, 2.45) is 0 Å². The van der Waals surface area contributed by atoms with E-state index in [2.05, 4.69) is 14.6 Å². The van der Waals surface area contributed by atoms with Crippen LogP contribution in [0.1, 0.15) is 0 Å². The zero-order valence-corrected chi connectivity index (χ0v) is 13.4. The molecule has 0 fully saturated rings. The predicted octanol–water partition coefficient (Wildman–Crippen LogP) is -0.484. The Bertz CT molecular complexity index is 87.7. The Balaban J connectivity index is -0.000000245. The van der Waals surface area contributed by atoms with Crippen LogP contribution >= 0.6 is 9.24 Å². The van der Waals surface area contributed by atoms with E-state index in [4.69, 9.17) is 12.6 Å². The minimum atomic E-state index is -0.329. The molecular weight excluding hydrogens is 319 g/mol. The first kappa shape index (κ1) is 18.4. The molecule has 0 amide bonds. The van der Waals surface area contributed by atoms with Gasteiger partial charge in [0.1, 0.15) is 6.29 Å². The maximum absolute atomic E-state index is 9.95. The number of rotatable bonds is 3. The Labute approximate surface area is 120 Å². The summed E-state index contributed by atoms with van der Waals surface area (Å²) < 4.78 is 0. The van der Waals surface area contributed by atoms with Crippen LogP contribution in [0.3, 0.4) is 0 Å². The summed E-state index contributed by atoms with van der Waals surface area (Å²) >= 11 is 4.71. The molecule has 10 heavy (non-hydrogen) atoms. The van der Waals surface area contributed by atoms with Gasteiger partial charge in [-0.2, -0.15) is 0 Å². The van der Waals surface area contributed by atoms with Gasteiger partial charge in [0.2, 0.25) is 0 Å². The Kier molecular flexibility index (Phi) is 21.4. The largest absolute Gasteiger partial charge is 0.780 e. The van der Waals surface area contributed by atoms with Gasteiger partial charge in [-0.15, -0.1) is 9.24 Å². The predicted molar refractivity (Wildman–Crippen MR) is 39.8 cm³/mol. The molecule has 0 saturated carbocycles. The van der Waals surface area contributed by atoms with E-state index in [0.717, 1.165) is 6.29 Å². The molecule has 0 bridgehead atoms. The van der Waals surface area contributed by atoms with Crippen LogP contribution in [0, 0.1) is 0 Å². The normalized spacial score (nSPS) is 13.9. The molecule has 1 N–H and O–H groups in total. The molecule has 2 nitrogen and oxygen atoms in total. The number of nitrogens with one attached hydrogen (secondary N) is 1. The average molecular weight is 328 g/mol. The Morgan fingerprint density at radius 2 is 2.00 bits per heavy atom. The van der Waals surface area contributed by atoms with Crippen LogP contribution in [0.5, 0.6) is 0 Å². The van der Waals surface area contributed by atoms with Gasteiger partial charge in [0.05, 0.1) is 0 Å². The maximum Gasteiger partial charge on any atom is 0.101 e. The summed E-state index contributed by atoms with van der Waals surface area (Å²) in [6.07, 6.45) is 0.753. The molecule has 0 aliphatic heterocycles. The molecule has 0 rings (SSSR count). The number of hydrogen-bond donors (Lipinski definition) is 1. The fourth-order valence-electron chi connectivity index (χ4n) is 0.249. The van der Waals surface area contributed by atoms with Crippen LogP contribution in [0.4, 0.5) is 0 Å². The van der Waals surface area contributed by atoms with Crippen molar-refractivity contribution in [3.05, 3.63) is 0 Å². The molecule has 54 valence electrons. The number of carbonyl (C=O) groups is 1. The first-order valence-electron chi connectivity index (χ1n) is 2.26. The van der Waals surface area contributed by atoms with Crippen molar-refractivity contribution in [2.75, 3.05) is 7.05 Å². The zero-order valence-electron chi connectivity index (χ0n) is 5.78. The second-order valence-corrected chi connectivity index (χ2v) is 2.68. The average Bonchev–Trinajstić information content (AvgIpc) is 1.84. The minimum absolute atomic E-state index is 0. The second kappa shape index (κ2) is 11.6. The van der Waals surface area contributed by atoms with Crippen LogP contribution < -0.4 is 5.32 Å². The van der Waals surface area contributed by atoms with Gasteiger partial charge in [-0.25, -0.2) is 0 Å². The first-order valence-corrected chi connectivity index (χ1v) is 3.40. The maximum atomic E-state index is 9.95. The summed E-state index contributed by atoms with van der Waals surface area (Å²) in [4.78, 5) is 9.95. The van der Waals surface area contributed by atoms with E-state index in [1.165, 1.54) is 0 Å². The number of hydrogen-bond acceptors (Lipinski definition) is 3. The van der Waals surface area contributed by atoms with Crippen molar-refractivity contribution < 1.29 is 70.2 Å². The fourth-order valence-corrected chi connectivity index (χ4v) is 0.476. The molecule has 6 heteroatoms. The summed E-state index contributed by atoms with van der Waals surface area (Å²) in [5.74, 6) is 0.0301. The summed E-state index contributed by atoms with van der Waals surface area (Å²) in [7, 11) is 4.21. The molecular formula is C4H9NOPSY2-.